The second kappa shape index (κ2) is 10.7. The molecule has 0 radical (unpaired) electrons. The molecule has 2 rings (SSSR count). The third-order valence-electron chi connectivity index (χ3n) is 3.17. The van der Waals surface area contributed by atoms with Crippen LogP contribution in [0.25, 0.3) is 0 Å². The highest BCUT2D eigenvalue weighted by Crippen LogP contribution is 2.29. The van der Waals surface area contributed by atoms with Crippen LogP contribution in [0.1, 0.15) is 0 Å². The number of aromatic nitrogens is 1. The van der Waals surface area contributed by atoms with Gasteiger partial charge >= 0.3 is 6.09 Å². The number of hydrogen-bond donors (Lipinski definition) is 3. The quantitative estimate of drug-likeness (QED) is 0.452. The predicted octanol–water partition coefficient (Wildman–Crippen LogP) is 3.00. The SMILES string of the molecule is COCCOCCOC(=O)Nc1ccc(/N=N/c2ccccc2O)c(N)n1. The lowest BCUT2D eigenvalue weighted by molar-refractivity contribution is 0.0447. The molecule has 0 atom stereocenters. The van der Waals surface area contributed by atoms with Gasteiger partial charge in [0, 0.05) is 7.11 Å². The number of nitrogen functional groups attached to an aromatic ring is 1. The number of nitrogens with zero attached hydrogens (tertiary/aromatic N) is 3. The molecule has 0 bridgehead atoms. The minimum absolute atomic E-state index is 0.0000116. The Labute approximate surface area is 156 Å². The number of amides is 1. The normalized spacial score (nSPS) is 10.9. The third-order valence-corrected chi connectivity index (χ3v) is 3.17. The van der Waals surface area contributed by atoms with Gasteiger partial charge in [-0.2, -0.15) is 0 Å². The lowest BCUT2D eigenvalue weighted by Gasteiger charge is -2.08. The number of ether oxygens (including phenoxy) is 3. The molecule has 0 spiro atoms. The van der Waals surface area contributed by atoms with E-state index >= 15 is 0 Å². The highest BCUT2D eigenvalue weighted by atomic mass is 16.6. The summed E-state index contributed by atoms with van der Waals surface area (Å²) in [7, 11) is 1.57. The zero-order valence-corrected chi connectivity index (χ0v) is 14.8. The lowest BCUT2D eigenvalue weighted by Crippen LogP contribution is -2.18. The van der Waals surface area contributed by atoms with E-state index in [2.05, 4.69) is 20.5 Å². The van der Waals surface area contributed by atoms with Gasteiger partial charge in [0.2, 0.25) is 0 Å². The van der Waals surface area contributed by atoms with E-state index in [0.717, 1.165) is 0 Å². The van der Waals surface area contributed by atoms with Crippen molar-refractivity contribution in [1.29, 1.82) is 0 Å². The summed E-state index contributed by atoms with van der Waals surface area (Å²) in [5.41, 5.74) is 6.41. The molecule has 0 aliphatic heterocycles. The molecular weight excluding hydrogens is 354 g/mol. The summed E-state index contributed by atoms with van der Waals surface area (Å²) >= 11 is 0. The van der Waals surface area contributed by atoms with Crippen molar-refractivity contribution in [2.75, 3.05) is 44.6 Å². The summed E-state index contributed by atoms with van der Waals surface area (Å²) in [5.74, 6) is 0.272. The smallest absolute Gasteiger partial charge is 0.412 e. The van der Waals surface area contributed by atoms with Crippen molar-refractivity contribution >= 4 is 29.1 Å². The molecule has 10 heteroatoms. The van der Waals surface area contributed by atoms with E-state index in [4.69, 9.17) is 19.9 Å². The van der Waals surface area contributed by atoms with E-state index < -0.39 is 6.09 Å². The number of rotatable bonds is 9. The van der Waals surface area contributed by atoms with Gasteiger partial charge in [-0.15, -0.1) is 10.2 Å². The molecule has 1 heterocycles. The van der Waals surface area contributed by atoms with Crippen molar-refractivity contribution in [2.45, 2.75) is 0 Å². The van der Waals surface area contributed by atoms with Crippen molar-refractivity contribution in [3.8, 4) is 5.75 Å². The third kappa shape index (κ3) is 6.88. The molecule has 1 amide bonds. The maximum atomic E-state index is 11.7. The van der Waals surface area contributed by atoms with Crippen molar-refractivity contribution in [3.63, 3.8) is 0 Å². The number of phenolic OH excluding ortho intramolecular Hbond substituents is 1. The number of aromatic hydroxyl groups is 1. The summed E-state index contributed by atoms with van der Waals surface area (Å²) in [4.78, 5) is 15.7. The average molecular weight is 375 g/mol. The van der Waals surface area contributed by atoms with Crippen LogP contribution in [0, 0.1) is 0 Å². The summed E-state index contributed by atoms with van der Waals surface area (Å²) < 4.78 is 14.9. The minimum Gasteiger partial charge on any atom is -0.506 e. The minimum atomic E-state index is -0.680. The van der Waals surface area contributed by atoms with Crippen LogP contribution >= 0.6 is 0 Å². The topological polar surface area (TPSA) is 141 Å². The van der Waals surface area contributed by atoms with Gasteiger partial charge in [-0.25, -0.2) is 9.78 Å². The Morgan fingerprint density at radius 1 is 1.11 bits per heavy atom. The van der Waals surface area contributed by atoms with Crippen molar-refractivity contribution in [2.24, 2.45) is 10.2 Å². The monoisotopic (exact) mass is 375 g/mol. The molecule has 2 aromatic rings. The first-order chi connectivity index (χ1) is 13.1. The fraction of sp³-hybridized carbons (Fsp3) is 0.294. The molecule has 27 heavy (non-hydrogen) atoms. The van der Waals surface area contributed by atoms with Crippen LogP contribution in [0.3, 0.4) is 0 Å². The van der Waals surface area contributed by atoms with Crippen LogP contribution in [-0.2, 0) is 14.2 Å². The van der Waals surface area contributed by atoms with Crippen LogP contribution in [-0.4, -0.2) is 49.7 Å². The van der Waals surface area contributed by atoms with Gasteiger partial charge in [0.1, 0.15) is 29.5 Å². The Morgan fingerprint density at radius 3 is 2.59 bits per heavy atom. The van der Waals surface area contributed by atoms with E-state index in [0.29, 0.717) is 24.6 Å². The number of pyridine rings is 1. The number of hydrogen-bond acceptors (Lipinski definition) is 9. The fourth-order valence-corrected chi connectivity index (χ4v) is 1.86. The van der Waals surface area contributed by atoms with E-state index in [1.807, 2.05) is 0 Å². The molecule has 0 saturated heterocycles. The van der Waals surface area contributed by atoms with Crippen LogP contribution in [0.15, 0.2) is 46.6 Å². The molecule has 0 saturated carbocycles. The summed E-state index contributed by atoms with van der Waals surface area (Å²) in [6, 6.07) is 9.54. The first kappa shape index (κ1) is 20.1. The number of carbonyl (C=O) groups excluding carboxylic acids is 1. The molecule has 0 aliphatic rings. The summed E-state index contributed by atoms with van der Waals surface area (Å²) in [6.45, 7) is 1.26. The molecule has 144 valence electrons. The maximum Gasteiger partial charge on any atom is 0.412 e. The maximum absolute atomic E-state index is 11.7. The van der Waals surface area contributed by atoms with Crippen molar-refractivity contribution in [3.05, 3.63) is 36.4 Å². The summed E-state index contributed by atoms with van der Waals surface area (Å²) in [6.07, 6.45) is -0.680. The number of nitrogens with one attached hydrogen (secondary N) is 1. The Morgan fingerprint density at radius 2 is 1.85 bits per heavy atom. The summed E-state index contributed by atoms with van der Waals surface area (Å²) in [5, 5.41) is 20.0. The molecule has 0 aliphatic carbocycles. The zero-order chi connectivity index (χ0) is 19.5. The van der Waals surface area contributed by atoms with Gasteiger partial charge in [0.25, 0.3) is 0 Å². The van der Waals surface area contributed by atoms with Gasteiger partial charge in [-0.05, 0) is 24.3 Å². The Bertz CT molecular complexity index is 784. The number of methoxy groups -OCH3 is 1. The molecule has 4 N–H and O–H groups in total. The number of nitrogens with two attached hydrogens (primary N) is 1. The van der Waals surface area contributed by atoms with Crippen LogP contribution in [0.5, 0.6) is 5.75 Å². The Kier molecular flexibility index (Phi) is 7.94. The van der Waals surface area contributed by atoms with Gasteiger partial charge in [-0.3, -0.25) is 5.32 Å². The first-order valence-corrected chi connectivity index (χ1v) is 8.07. The van der Waals surface area contributed by atoms with Crippen LogP contribution < -0.4 is 11.1 Å². The second-order valence-corrected chi connectivity index (χ2v) is 5.16. The number of phenols is 1. The number of carbonyl (C=O) groups is 1. The Balaban J connectivity index is 1.85. The van der Waals surface area contributed by atoms with Gasteiger partial charge in [0.05, 0.1) is 19.8 Å². The van der Waals surface area contributed by atoms with Gasteiger partial charge in [-0.1, -0.05) is 12.1 Å². The van der Waals surface area contributed by atoms with E-state index in [-0.39, 0.29) is 30.6 Å². The van der Waals surface area contributed by atoms with Crippen LogP contribution in [0.2, 0.25) is 0 Å². The Hall–Kier alpha value is -3.24. The molecule has 10 nitrogen and oxygen atoms in total. The molecule has 1 aromatic heterocycles. The lowest BCUT2D eigenvalue weighted by atomic mass is 10.3. The standard InChI is InChI=1S/C17H21N5O5/c1-25-8-9-26-10-11-27-17(24)20-15-7-6-13(16(18)19-15)22-21-12-4-2-3-5-14(12)23/h2-7,23H,8-11H2,1H3,(H3,18,19,20,24)/b22-21+. The number of para-hydroxylation sites is 1. The highest BCUT2D eigenvalue weighted by molar-refractivity contribution is 5.84. The van der Waals surface area contributed by atoms with E-state index in [1.54, 1.807) is 25.3 Å². The molecule has 0 fully saturated rings. The number of benzene rings is 1. The largest absolute Gasteiger partial charge is 0.506 e. The first-order valence-electron chi connectivity index (χ1n) is 8.07. The molecular formula is C17H21N5O5. The second-order valence-electron chi connectivity index (χ2n) is 5.16. The van der Waals surface area contributed by atoms with Crippen molar-refractivity contribution in [1.82, 2.24) is 4.98 Å². The number of azo groups is 1. The van der Waals surface area contributed by atoms with Crippen LogP contribution in [0.4, 0.5) is 27.8 Å². The molecule has 1 aromatic carbocycles. The van der Waals surface area contributed by atoms with Gasteiger partial charge in [0.15, 0.2) is 5.82 Å². The van der Waals surface area contributed by atoms with E-state index in [9.17, 15) is 9.90 Å². The fourth-order valence-electron chi connectivity index (χ4n) is 1.86. The van der Waals surface area contributed by atoms with Gasteiger partial charge < -0.3 is 25.1 Å². The molecule has 0 unspecified atom stereocenters. The highest BCUT2D eigenvalue weighted by Gasteiger charge is 2.07. The zero-order valence-electron chi connectivity index (χ0n) is 14.8. The number of anilines is 2. The average Bonchev–Trinajstić information content (AvgIpc) is 2.65. The van der Waals surface area contributed by atoms with E-state index in [1.165, 1.54) is 18.2 Å². The van der Waals surface area contributed by atoms with Crippen molar-refractivity contribution < 1.29 is 24.1 Å². The predicted molar refractivity (Wildman–Crippen MR) is 98.6 cm³/mol.